The van der Waals surface area contributed by atoms with Gasteiger partial charge in [0.15, 0.2) is 11.5 Å². The fourth-order valence-corrected chi connectivity index (χ4v) is 2.12. The second-order valence-corrected chi connectivity index (χ2v) is 4.27. The Morgan fingerprint density at radius 2 is 2.06 bits per heavy atom. The maximum absolute atomic E-state index is 5.70. The van der Waals surface area contributed by atoms with E-state index < -0.39 is 0 Å². The number of benzene rings is 1. The number of nitrogens with zero attached hydrogens (tertiary/aromatic N) is 2. The fourth-order valence-electron chi connectivity index (χ4n) is 1.48. The third kappa shape index (κ3) is 2.89. The van der Waals surface area contributed by atoms with Gasteiger partial charge < -0.3 is 14.8 Å². The number of hydrogen-bond donors (Lipinski definition) is 1. The Morgan fingerprint density at radius 1 is 1.28 bits per heavy atom. The lowest BCUT2D eigenvalue weighted by Gasteiger charge is -2.09. The van der Waals surface area contributed by atoms with Gasteiger partial charge in [-0.3, -0.25) is 0 Å². The Labute approximate surface area is 110 Å². The first-order valence-corrected chi connectivity index (χ1v) is 6.43. The maximum Gasteiger partial charge on any atom is 0.161 e. The van der Waals surface area contributed by atoms with Crippen molar-refractivity contribution in [2.24, 2.45) is 0 Å². The smallest absolute Gasteiger partial charge is 0.161 e. The van der Waals surface area contributed by atoms with E-state index in [1.165, 1.54) is 11.5 Å². The number of aromatic nitrogens is 2. The molecule has 0 aliphatic carbocycles. The van der Waals surface area contributed by atoms with Crippen molar-refractivity contribution in [3.05, 3.63) is 30.0 Å². The topological polar surface area (TPSA) is 56.3 Å². The SMILES string of the molecule is CCNc1snnc1COc1ccccc1OC. The molecule has 1 heterocycles. The molecule has 0 atom stereocenters. The number of hydrogen-bond acceptors (Lipinski definition) is 6. The molecule has 0 saturated carbocycles. The molecule has 18 heavy (non-hydrogen) atoms. The van der Waals surface area contributed by atoms with Gasteiger partial charge in [0.05, 0.1) is 7.11 Å². The van der Waals surface area contributed by atoms with Gasteiger partial charge in [-0.25, -0.2) is 0 Å². The summed E-state index contributed by atoms with van der Waals surface area (Å²) in [6, 6.07) is 7.54. The van der Waals surface area contributed by atoms with Crippen molar-refractivity contribution < 1.29 is 9.47 Å². The van der Waals surface area contributed by atoms with Crippen LogP contribution < -0.4 is 14.8 Å². The van der Waals surface area contributed by atoms with Crippen molar-refractivity contribution in [3.63, 3.8) is 0 Å². The van der Waals surface area contributed by atoms with Gasteiger partial charge >= 0.3 is 0 Å². The minimum absolute atomic E-state index is 0.374. The van der Waals surface area contributed by atoms with E-state index in [0.29, 0.717) is 18.1 Å². The molecule has 0 aliphatic rings. The molecule has 96 valence electrons. The van der Waals surface area contributed by atoms with Gasteiger partial charge in [-0.2, -0.15) is 0 Å². The number of anilines is 1. The summed E-state index contributed by atoms with van der Waals surface area (Å²) in [5.74, 6) is 1.42. The summed E-state index contributed by atoms with van der Waals surface area (Å²) >= 11 is 1.34. The zero-order chi connectivity index (χ0) is 12.8. The summed E-state index contributed by atoms with van der Waals surface area (Å²) in [5, 5.41) is 8.20. The highest BCUT2D eigenvalue weighted by Crippen LogP contribution is 2.27. The molecule has 0 aliphatic heterocycles. The summed E-state index contributed by atoms with van der Waals surface area (Å²) in [7, 11) is 1.62. The van der Waals surface area contributed by atoms with Crippen LogP contribution in [0.15, 0.2) is 24.3 Å². The van der Waals surface area contributed by atoms with Gasteiger partial charge in [0.25, 0.3) is 0 Å². The van der Waals surface area contributed by atoms with Gasteiger partial charge in [0, 0.05) is 18.1 Å². The number of methoxy groups -OCH3 is 1. The zero-order valence-corrected chi connectivity index (χ0v) is 11.2. The molecule has 2 rings (SSSR count). The zero-order valence-electron chi connectivity index (χ0n) is 10.3. The van der Waals surface area contributed by atoms with E-state index in [2.05, 4.69) is 14.9 Å². The lowest BCUT2D eigenvalue weighted by atomic mass is 10.3. The number of nitrogens with one attached hydrogen (secondary N) is 1. The molecule has 1 aromatic heterocycles. The third-order valence-corrected chi connectivity index (χ3v) is 3.05. The first-order chi connectivity index (χ1) is 8.85. The largest absolute Gasteiger partial charge is 0.493 e. The third-order valence-electron chi connectivity index (χ3n) is 2.33. The second kappa shape index (κ2) is 6.20. The van der Waals surface area contributed by atoms with Crippen LogP contribution in [0.25, 0.3) is 0 Å². The molecular formula is C12H15N3O2S. The average Bonchev–Trinajstić information content (AvgIpc) is 2.84. The van der Waals surface area contributed by atoms with E-state index in [0.717, 1.165) is 17.2 Å². The Bertz CT molecular complexity index is 502. The van der Waals surface area contributed by atoms with Gasteiger partial charge in [-0.1, -0.05) is 16.6 Å². The van der Waals surface area contributed by atoms with Crippen LogP contribution in [0.4, 0.5) is 5.00 Å². The highest BCUT2D eigenvalue weighted by atomic mass is 32.1. The number of para-hydroxylation sites is 2. The molecule has 1 aromatic carbocycles. The van der Waals surface area contributed by atoms with E-state index in [4.69, 9.17) is 9.47 Å². The van der Waals surface area contributed by atoms with Crippen molar-refractivity contribution in [1.82, 2.24) is 9.59 Å². The van der Waals surface area contributed by atoms with Crippen LogP contribution in [0.3, 0.4) is 0 Å². The quantitative estimate of drug-likeness (QED) is 0.870. The molecule has 0 radical (unpaired) electrons. The van der Waals surface area contributed by atoms with Gasteiger partial charge in [0.1, 0.15) is 17.3 Å². The Kier molecular flexibility index (Phi) is 4.35. The number of ether oxygens (including phenoxy) is 2. The Morgan fingerprint density at radius 3 is 2.78 bits per heavy atom. The van der Waals surface area contributed by atoms with Crippen molar-refractivity contribution in [2.75, 3.05) is 19.0 Å². The molecule has 1 N–H and O–H groups in total. The van der Waals surface area contributed by atoms with E-state index in [9.17, 15) is 0 Å². The van der Waals surface area contributed by atoms with Gasteiger partial charge in [0.2, 0.25) is 0 Å². The van der Waals surface area contributed by atoms with Crippen LogP contribution in [0, 0.1) is 0 Å². The van der Waals surface area contributed by atoms with Crippen LogP contribution in [-0.4, -0.2) is 23.2 Å². The summed E-state index contributed by atoms with van der Waals surface area (Å²) in [5.41, 5.74) is 0.813. The number of rotatable bonds is 6. The molecule has 6 heteroatoms. The second-order valence-electron chi connectivity index (χ2n) is 3.52. The highest BCUT2D eigenvalue weighted by molar-refractivity contribution is 7.10. The van der Waals surface area contributed by atoms with Crippen LogP contribution >= 0.6 is 11.5 Å². The maximum atomic E-state index is 5.70. The summed E-state index contributed by atoms with van der Waals surface area (Å²) in [6.45, 7) is 3.25. The minimum atomic E-state index is 0.374. The molecule has 0 amide bonds. The first-order valence-electron chi connectivity index (χ1n) is 5.66. The van der Waals surface area contributed by atoms with Crippen molar-refractivity contribution in [1.29, 1.82) is 0 Å². The molecule has 5 nitrogen and oxygen atoms in total. The normalized spacial score (nSPS) is 10.1. The monoisotopic (exact) mass is 265 g/mol. The van der Waals surface area contributed by atoms with Crippen LogP contribution in [0.1, 0.15) is 12.6 Å². The van der Waals surface area contributed by atoms with E-state index in [1.807, 2.05) is 31.2 Å². The Balaban J connectivity index is 2.04. The predicted molar refractivity (Wildman–Crippen MR) is 71.4 cm³/mol. The molecule has 0 spiro atoms. The summed E-state index contributed by atoms with van der Waals surface area (Å²) < 4.78 is 14.8. The first kappa shape index (κ1) is 12.6. The molecule has 2 aromatic rings. The summed E-state index contributed by atoms with van der Waals surface area (Å²) in [6.07, 6.45) is 0. The lowest BCUT2D eigenvalue weighted by Crippen LogP contribution is -2.02. The fraction of sp³-hybridized carbons (Fsp3) is 0.333. The van der Waals surface area contributed by atoms with Crippen LogP contribution in [0.5, 0.6) is 11.5 Å². The van der Waals surface area contributed by atoms with E-state index in [1.54, 1.807) is 7.11 Å². The predicted octanol–water partition coefficient (Wildman–Crippen LogP) is 2.56. The van der Waals surface area contributed by atoms with Crippen molar-refractivity contribution in [3.8, 4) is 11.5 Å². The molecular weight excluding hydrogens is 250 g/mol. The Hall–Kier alpha value is -1.82. The minimum Gasteiger partial charge on any atom is -0.493 e. The lowest BCUT2D eigenvalue weighted by molar-refractivity contribution is 0.281. The van der Waals surface area contributed by atoms with Gasteiger partial charge in [-0.05, 0) is 19.1 Å². The molecule has 0 unspecified atom stereocenters. The van der Waals surface area contributed by atoms with E-state index in [-0.39, 0.29) is 0 Å². The van der Waals surface area contributed by atoms with E-state index >= 15 is 0 Å². The van der Waals surface area contributed by atoms with Crippen LogP contribution in [0.2, 0.25) is 0 Å². The van der Waals surface area contributed by atoms with Crippen molar-refractivity contribution >= 4 is 16.5 Å². The molecule has 0 bridgehead atoms. The standard InChI is InChI=1S/C12H15N3O2S/c1-3-13-12-9(14-15-18-12)8-17-11-7-5-4-6-10(11)16-2/h4-7,13H,3,8H2,1-2H3. The highest BCUT2D eigenvalue weighted by Gasteiger charge is 2.09. The average molecular weight is 265 g/mol. The summed E-state index contributed by atoms with van der Waals surface area (Å²) in [4.78, 5) is 0. The van der Waals surface area contributed by atoms with Gasteiger partial charge in [-0.15, -0.1) is 5.10 Å². The molecule has 0 fully saturated rings. The van der Waals surface area contributed by atoms with Crippen LogP contribution in [-0.2, 0) is 6.61 Å². The molecule has 0 saturated heterocycles. The van der Waals surface area contributed by atoms with Crippen molar-refractivity contribution in [2.45, 2.75) is 13.5 Å².